The van der Waals surface area contributed by atoms with Crippen molar-refractivity contribution in [3.63, 3.8) is 0 Å². The predicted octanol–water partition coefficient (Wildman–Crippen LogP) is 18.4. The molecule has 0 bridgehead atoms. The third kappa shape index (κ3) is 10.5. The Balaban J connectivity index is 1.26. The van der Waals surface area contributed by atoms with Crippen molar-refractivity contribution in [2.45, 2.75) is 155 Å². The normalized spacial score (nSPS) is 19.4. The van der Waals surface area contributed by atoms with Gasteiger partial charge in [-0.2, -0.15) is 0 Å². The van der Waals surface area contributed by atoms with Crippen LogP contribution in [0.3, 0.4) is 0 Å². The summed E-state index contributed by atoms with van der Waals surface area (Å²) in [5.74, 6) is 0.448. The summed E-state index contributed by atoms with van der Waals surface area (Å²) in [5, 5.41) is 2.94. The van der Waals surface area contributed by atoms with E-state index in [4.69, 9.17) is 0 Å². The molecule has 2 unspecified atom stereocenters. The van der Waals surface area contributed by atoms with Gasteiger partial charge < -0.3 is 0 Å². The fourth-order valence-electron chi connectivity index (χ4n) is 10.4. The van der Waals surface area contributed by atoms with Crippen molar-refractivity contribution in [3.8, 4) is 11.1 Å². The molecule has 0 saturated heterocycles. The Kier molecular flexibility index (Phi) is 13.0. The molecule has 0 N–H and O–H groups in total. The zero-order chi connectivity index (χ0) is 47.4. The van der Waals surface area contributed by atoms with Crippen molar-refractivity contribution < 1.29 is 0 Å². The van der Waals surface area contributed by atoms with Crippen LogP contribution < -0.4 is 0 Å². The smallest absolute Gasteiger partial charge is 0.0372 e. The first-order chi connectivity index (χ1) is 30.9. The van der Waals surface area contributed by atoms with Crippen molar-refractivity contribution in [3.05, 3.63) is 200 Å². The standard InChI is InChI=1S/C65H76S/c1-43-33-44(36-50(46-19-25-53(26-20-46)61(2,3)4)39-52-42-66-60-18-16-15-17-56(52)60)35-45(34-43)37-51(48-24-30-58-59(40-48)65(13,14)32-31-64(58,11)12)38-49-23-29-55(63(8,9)10)41-57(49)47-21-27-54(28-22-47)62(5,6)7/h15-30,33-36,38,40-42,56,60H,31-32,37,39H2,1-14H3/b50-36+,51-38-. The van der Waals surface area contributed by atoms with Gasteiger partial charge in [-0.15, -0.1) is 11.8 Å². The van der Waals surface area contributed by atoms with E-state index in [-0.39, 0.29) is 27.1 Å². The lowest BCUT2D eigenvalue weighted by Gasteiger charge is -2.42. The lowest BCUT2D eigenvalue weighted by Crippen LogP contribution is -2.33. The Morgan fingerprint density at radius 3 is 1.80 bits per heavy atom. The minimum Gasteiger partial charge on any atom is -0.126 e. The third-order valence-corrected chi connectivity index (χ3v) is 16.0. The van der Waals surface area contributed by atoms with Crippen LogP contribution in [-0.2, 0) is 33.5 Å². The molecule has 8 rings (SSSR count). The molecule has 3 aliphatic rings. The lowest BCUT2D eigenvalue weighted by molar-refractivity contribution is 0.332. The monoisotopic (exact) mass is 889 g/mol. The van der Waals surface area contributed by atoms with Gasteiger partial charge in [0.1, 0.15) is 0 Å². The first kappa shape index (κ1) is 47.6. The van der Waals surface area contributed by atoms with Crippen LogP contribution in [0.25, 0.3) is 34.4 Å². The fourth-order valence-corrected chi connectivity index (χ4v) is 11.5. The molecule has 0 amide bonds. The van der Waals surface area contributed by atoms with E-state index in [1.807, 2.05) is 11.8 Å². The summed E-state index contributed by atoms with van der Waals surface area (Å²) in [6, 6.07) is 40.7. The summed E-state index contributed by atoms with van der Waals surface area (Å²) in [6.07, 6.45) is 18.4. The Morgan fingerprint density at radius 2 is 1.15 bits per heavy atom. The minimum atomic E-state index is 0.0278. The highest BCUT2D eigenvalue weighted by molar-refractivity contribution is 8.03. The minimum absolute atomic E-state index is 0.0278. The van der Waals surface area contributed by atoms with Crippen molar-refractivity contribution in [1.29, 1.82) is 0 Å². The Labute approximate surface area is 404 Å². The topological polar surface area (TPSA) is 0 Å². The van der Waals surface area contributed by atoms with Crippen LogP contribution in [-0.4, -0.2) is 5.25 Å². The number of hydrogen-bond donors (Lipinski definition) is 0. The Morgan fingerprint density at radius 1 is 0.576 bits per heavy atom. The van der Waals surface area contributed by atoms with Crippen molar-refractivity contribution in [2.75, 3.05) is 0 Å². The molecule has 0 aromatic heterocycles. The molecule has 1 heterocycles. The van der Waals surface area contributed by atoms with Crippen LogP contribution in [0.5, 0.6) is 0 Å². The summed E-state index contributed by atoms with van der Waals surface area (Å²) >= 11 is 1.97. The van der Waals surface area contributed by atoms with Crippen molar-refractivity contribution >= 4 is 35.1 Å². The van der Waals surface area contributed by atoms with E-state index in [0.29, 0.717) is 11.2 Å². The van der Waals surface area contributed by atoms with E-state index >= 15 is 0 Å². The number of fused-ring (bicyclic) bond motifs is 2. The fraction of sp³-hybridized carbons (Fsp3) is 0.385. The summed E-state index contributed by atoms with van der Waals surface area (Å²) in [5.41, 5.74) is 22.1. The predicted molar refractivity (Wildman–Crippen MR) is 293 cm³/mol. The highest BCUT2D eigenvalue weighted by atomic mass is 32.2. The number of thioether (sulfide) groups is 1. The molecule has 0 fully saturated rings. The second kappa shape index (κ2) is 18.0. The van der Waals surface area contributed by atoms with E-state index in [9.17, 15) is 0 Å². The van der Waals surface area contributed by atoms with Crippen LogP contribution in [0, 0.1) is 12.8 Å². The molecular formula is C65H76S. The first-order valence-electron chi connectivity index (χ1n) is 24.7. The molecule has 0 radical (unpaired) electrons. The van der Waals surface area contributed by atoms with E-state index in [0.717, 1.165) is 12.8 Å². The largest absolute Gasteiger partial charge is 0.126 e. The van der Waals surface area contributed by atoms with Crippen LogP contribution in [0.15, 0.2) is 138 Å². The summed E-state index contributed by atoms with van der Waals surface area (Å²) in [4.78, 5) is 0. The van der Waals surface area contributed by atoms with Gasteiger partial charge >= 0.3 is 0 Å². The lowest BCUT2D eigenvalue weighted by atomic mass is 9.63. The molecule has 0 spiro atoms. The van der Waals surface area contributed by atoms with Gasteiger partial charge in [-0.05, 0) is 143 Å². The van der Waals surface area contributed by atoms with Crippen molar-refractivity contribution in [1.82, 2.24) is 0 Å². The van der Waals surface area contributed by atoms with Gasteiger partial charge in [0.2, 0.25) is 0 Å². The van der Waals surface area contributed by atoms with Gasteiger partial charge in [0.15, 0.2) is 0 Å². The number of allylic oxidation sites excluding steroid dienone is 6. The molecule has 2 aliphatic carbocycles. The molecule has 66 heavy (non-hydrogen) atoms. The molecule has 0 saturated carbocycles. The highest BCUT2D eigenvalue weighted by Crippen LogP contribution is 2.48. The molecular weight excluding hydrogens is 813 g/mol. The maximum atomic E-state index is 2.56. The zero-order valence-corrected chi connectivity index (χ0v) is 43.6. The van der Waals surface area contributed by atoms with E-state index < -0.39 is 0 Å². The quantitative estimate of drug-likeness (QED) is 0.133. The average Bonchev–Trinajstić information content (AvgIpc) is 3.66. The first-order valence-corrected chi connectivity index (χ1v) is 25.6. The average molecular weight is 889 g/mol. The van der Waals surface area contributed by atoms with E-state index in [1.54, 1.807) is 0 Å². The van der Waals surface area contributed by atoms with E-state index in [2.05, 4.69) is 242 Å². The van der Waals surface area contributed by atoms with Gasteiger partial charge in [0, 0.05) is 11.2 Å². The molecule has 1 aliphatic heterocycles. The molecule has 0 nitrogen and oxygen atoms in total. The number of hydrogen-bond acceptors (Lipinski definition) is 1. The van der Waals surface area contributed by atoms with Crippen LogP contribution in [0.2, 0.25) is 0 Å². The van der Waals surface area contributed by atoms with Crippen LogP contribution in [0.1, 0.15) is 170 Å². The molecule has 5 aromatic rings. The van der Waals surface area contributed by atoms with Crippen molar-refractivity contribution in [2.24, 2.45) is 5.92 Å². The third-order valence-electron chi connectivity index (χ3n) is 14.8. The van der Waals surface area contributed by atoms with Crippen LogP contribution >= 0.6 is 11.8 Å². The summed E-state index contributed by atoms with van der Waals surface area (Å²) in [7, 11) is 0. The SMILES string of the molecule is Cc1cc(/C=C(\CC2=CSC3C=CC=CC23)c2ccc(C(C)(C)C)cc2)cc(C/C(=C/c2ccc(C(C)(C)C)cc2-c2ccc(C(C)(C)C)cc2)c2ccc3c(c2)C(C)(C)CCC3(C)C)c1. The zero-order valence-electron chi connectivity index (χ0n) is 42.7. The van der Waals surface area contributed by atoms with Gasteiger partial charge in [0.05, 0.1) is 0 Å². The Bertz CT molecular complexity index is 2750. The van der Waals surface area contributed by atoms with Gasteiger partial charge in [-0.1, -0.05) is 241 Å². The second-order valence-electron chi connectivity index (χ2n) is 24.3. The van der Waals surface area contributed by atoms with Gasteiger partial charge in [0.25, 0.3) is 0 Å². The second-order valence-corrected chi connectivity index (χ2v) is 25.3. The van der Waals surface area contributed by atoms with Gasteiger partial charge in [-0.25, -0.2) is 0 Å². The van der Waals surface area contributed by atoms with Crippen LogP contribution in [0.4, 0.5) is 0 Å². The number of rotatable bonds is 9. The molecule has 1 heteroatoms. The van der Waals surface area contributed by atoms with E-state index in [1.165, 1.54) is 102 Å². The molecule has 342 valence electrons. The molecule has 2 atom stereocenters. The number of benzene rings is 5. The highest BCUT2D eigenvalue weighted by Gasteiger charge is 2.37. The summed E-state index contributed by atoms with van der Waals surface area (Å²) < 4.78 is 0. The van der Waals surface area contributed by atoms with Gasteiger partial charge in [-0.3, -0.25) is 0 Å². The maximum absolute atomic E-state index is 2.56. The maximum Gasteiger partial charge on any atom is 0.0372 e. The number of aryl methyl sites for hydroxylation is 1. The Hall–Kier alpha value is -4.85. The molecule has 5 aromatic carbocycles. The summed E-state index contributed by atoms with van der Waals surface area (Å²) in [6.45, 7) is 32.8.